The molecule has 0 aromatic carbocycles. The third-order valence-corrected chi connectivity index (χ3v) is 9.81. The number of likely N-dealkylation sites (N-methyl/N-ethyl adjacent to an activating group) is 1. The summed E-state index contributed by atoms with van der Waals surface area (Å²) in [5.41, 5.74) is -1.13. The number of nitrogens with zero attached hydrogens (tertiary/aromatic N) is 3. The van der Waals surface area contributed by atoms with Gasteiger partial charge in [0.05, 0.1) is 30.6 Å². The number of carbonyl (C=O) groups is 3. The number of carbonyl (C=O) groups excluding carboxylic acids is 3. The maximum absolute atomic E-state index is 14.6. The van der Waals surface area contributed by atoms with E-state index < -0.39 is 35.6 Å². The molecule has 8 nitrogen and oxygen atoms in total. The van der Waals surface area contributed by atoms with Gasteiger partial charge in [-0.05, 0) is 25.2 Å². The Balaban J connectivity index is 1.81. The van der Waals surface area contributed by atoms with Crippen molar-refractivity contribution >= 4 is 33.7 Å². The first kappa shape index (κ1) is 28.3. The van der Waals surface area contributed by atoms with E-state index >= 15 is 0 Å². The Kier molecular flexibility index (Phi) is 8.56. The fourth-order valence-electron chi connectivity index (χ4n) is 7.25. The highest BCUT2D eigenvalue weighted by Gasteiger charge is 2.77. The van der Waals surface area contributed by atoms with Crippen LogP contribution in [0.5, 0.6) is 0 Å². The summed E-state index contributed by atoms with van der Waals surface area (Å²) >= 11 is 3.73. The van der Waals surface area contributed by atoms with Crippen LogP contribution in [0.4, 0.5) is 0 Å². The summed E-state index contributed by atoms with van der Waals surface area (Å²) in [5.74, 6) is -2.16. The minimum absolute atomic E-state index is 0.0767. The molecule has 0 aromatic rings. The largest absolute Gasteiger partial charge is 0.394 e. The predicted octanol–water partition coefficient (Wildman–Crippen LogP) is 2.74. The number of ether oxygens (including phenoxy) is 1. The maximum atomic E-state index is 14.6. The Hall–Kier alpha value is -1.71. The van der Waals surface area contributed by atoms with Crippen molar-refractivity contribution in [2.45, 2.75) is 87.0 Å². The number of aliphatic hydroxyl groups excluding tert-OH is 1. The molecule has 4 rings (SSSR count). The Morgan fingerprint density at radius 1 is 1.19 bits per heavy atom. The zero-order valence-corrected chi connectivity index (χ0v) is 23.9. The van der Waals surface area contributed by atoms with Crippen LogP contribution in [-0.2, 0) is 19.1 Å². The van der Waals surface area contributed by atoms with Gasteiger partial charge in [-0.3, -0.25) is 14.4 Å². The van der Waals surface area contributed by atoms with Gasteiger partial charge in [0, 0.05) is 31.0 Å². The number of rotatable bonds is 10. The van der Waals surface area contributed by atoms with Gasteiger partial charge in [-0.2, -0.15) is 0 Å². The molecule has 1 N–H and O–H groups in total. The maximum Gasteiger partial charge on any atom is 0.248 e. The van der Waals surface area contributed by atoms with Crippen molar-refractivity contribution in [3.05, 3.63) is 25.3 Å². The average molecular weight is 581 g/mol. The highest BCUT2D eigenvalue weighted by molar-refractivity contribution is 9.09. The first-order valence-corrected chi connectivity index (χ1v) is 14.6. The highest BCUT2D eigenvalue weighted by Crippen LogP contribution is 2.61. The predicted molar refractivity (Wildman–Crippen MR) is 145 cm³/mol. The third kappa shape index (κ3) is 4.59. The van der Waals surface area contributed by atoms with Crippen molar-refractivity contribution in [1.82, 2.24) is 14.7 Å². The minimum atomic E-state index is -1.13. The topological polar surface area (TPSA) is 90.4 Å². The third-order valence-electron chi connectivity index (χ3n) is 8.96. The van der Waals surface area contributed by atoms with E-state index in [1.165, 1.54) is 0 Å². The number of fused-ring (bicyclic) bond motifs is 1. The lowest BCUT2D eigenvalue weighted by atomic mass is 9.70. The standard InChI is InChI=1S/C28H42BrN3O5/c1-6-13-30(5)25(34)21-22-26(35)32(20(16-33)17(3)4)24(28(22)15-19(29)23(21)37-28)27(36)31(14-7-2)18-11-9-8-10-12-18/h6-7,17-24,33H,1-2,8-16H2,3-5H3/t19?,20-,21+,22-,23+,24?,28?/m0/s1. The van der Waals surface area contributed by atoms with Gasteiger partial charge in [-0.25, -0.2) is 0 Å². The number of hydrogen-bond donors (Lipinski definition) is 1. The van der Waals surface area contributed by atoms with Crippen LogP contribution >= 0.6 is 15.9 Å². The Labute approximate surface area is 229 Å². The van der Waals surface area contributed by atoms with Gasteiger partial charge in [-0.15, -0.1) is 13.2 Å². The van der Waals surface area contributed by atoms with Crippen LogP contribution in [0.25, 0.3) is 0 Å². The van der Waals surface area contributed by atoms with Gasteiger partial charge in [-0.1, -0.05) is 61.2 Å². The molecule has 1 aliphatic carbocycles. The SMILES string of the molecule is C=CCN(C)C(=O)[C@H]1[C@@H]2OC3(CC2Br)C(C(=O)N(CC=C)C2CCCCC2)N([C@@H](CO)C(C)C)C(=O)[C@H]13. The number of alkyl halides is 1. The summed E-state index contributed by atoms with van der Waals surface area (Å²) in [6, 6.07) is -1.39. The summed E-state index contributed by atoms with van der Waals surface area (Å²) < 4.78 is 6.64. The van der Waals surface area contributed by atoms with Crippen LogP contribution < -0.4 is 0 Å². The van der Waals surface area contributed by atoms with E-state index in [2.05, 4.69) is 29.1 Å². The normalized spacial score (nSPS) is 33.9. The fraction of sp³-hybridized carbons (Fsp3) is 0.750. The molecule has 3 unspecified atom stereocenters. The van der Waals surface area contributed by atoms with E-state index in [1.807, 2.05) is 18.7 Å². The molecule has 3 aliphatic heterocycles. The quantitative estimate of drug-likeness (QED) is 0.317. The smallest absolute Gasteiger partial charge is 0.248 e. The van der Waals surface area contributed by atoms with Gasteiger partial charge in [0.2, 0.25) is 17.7 Å². The molecule has 4 aliphatic rings. The molecule has 9 heteroatoms. The van der Waals surface area contributed by atoms with Gasteiger partial charge in [0.25, 0.3) is 0 Å². The summed E-state index contributed by atoms with van der Waals surface area (Å²) in [6.07, 6.45) is 8.47. The van der Waals surface area contributed by atoms with E-state index in [4.69, 9.17) is 4.74 Å². The second-order valence-corrected chi connectivity index (χ2v) is 12.7. The van der Waals surface area contributed by atoms with E-state index in [1.54, 1.807) is 29.0 Å². The van der Waals surface area contributed by atoms with Gasteiger partial charge < -0.3 is 24.5 Å². The van der Waals surface area contributed by atoms with Crippen molar-refractivity contribution in [2.75, 3.05) is 26.7 Å². The molecule has 0 aromatic heterocycles. The number of aliphatic hydroxyl groups is 1. The second-order valence-electron chi connectivity index (χ2n) is 11.5. The lowest BCUT2D eigenvalue weighted by molar-refractivity contribution is -0.154. The van der Waals surface area contributed by atoms with Crippen LogP contribution in [0.2, 0.25) is 0 Å². The Bertz CT molecular complexity index is 921. The van der Waals surface area contributed by atoms with Gasteiger partial charge >= 0.3 is 0 Å². The molecule has 4 fully saturated rings. The van der Waals surface area contributed by atoms with Crippen molar-refractivity contribution in [3.8, 4) is 0 Å². The second kappa shape index (κ2) is 11.2. The fourth-order valence-corrected chi connectivity index (χ4v) is 8.20. The molecule has 3 saturated heterocycles. The average Bonchev–Trinajstić information content (AvgIpc) is 3.46. The zero-order valence-electron chi connectivity index (χ0n) is 22.4. The number of halogens is 1. The molecule has 3 amide bonds. The van der Waals surface area contributed by atoms with Gasteiger partial charge in [0.1, 0.15) is 11.6 Å². The molecule has 206 valence electrons. The molecular weight excluding hydrogens is 538 g/mol. The lowest BCUT2D eigenvalue weighted by Gasteiger charge is -2.43. The molecule has 1 saturated carbocycles. The molecule has 37 heavy (non-hydrogen) atoms. The molecule has 1 spiro atoms. The van der Waals surface area contributed by atoms with Crippen molar-refractivity contribution in [1.29, 1.82) is 0 Å². The Morgan fingerprint density at radius 2 is 1.84 bits per heavy atom. The lowest BCUT2D eigenvalue weighted by Crippen LogP contribution is -2.61. The van der Waals surface area contributed by atoms with E-state index in [0.29, 0.717) is 19.5 Å². The first-order valence-electron chi connectivity index (χ1n) is 13.7. The molecule has 3 heterocycles. The summed E-state index contributed by atoms with van der Waals surface area (Å²) in [7, 11) is 1.70. The number of likely N-dealkylation sites (tertiary alicyclic amines) is 1. The Morgan fingerprint density at radius 3 is 2.41 bits per heavy atom. The van der Waals surface area contributed by atoms with Crippen LogP contribution in [0, 0.1) is 17.8 Å². The molecule has 2 bridgehead atoms. The van der Waals surface area contributed by atoms with E-state index in [9.17, 15) is 19.5 Å². The number of hydrogen-bond acceptors (Lipinski definition) is 5. The highest BCUT2D eigenvalue weighted by atomic mass is 79.9. The monoisotopic (exact) mass is 579 g/mol. The van der Waals surface area contributed by atoms with E-state index in [-0.39, 0.29) is 41.1 Å². The van der Waals surface area contributed by atoms with Crippen molar-refractivity contribution in [3.63, 3.8) is 0 Å². The summed E-state index contributed by atoms with van der Waals surface area (Å²) in [4.78, 5) is 47.4. The van der Waals surface area contributed by atoms with Gasteiger partial charge in [0.15, 0.2) is 0 Å². The van der Waals surface area contributed by atoms with Crippen LogP contribution in [0.15, 0.2) is 25.3 Å². The van der Waals surface area contributed by atoms with Crippen LogP contribution in [0.3, 0.4) is 0 Å². The van der Waals surface area contributed by atoms with Crippen molar-refractivity contribution < 1.29 is 24.2 Å². The van der Waals surface area contributed by atoms with Crippen LogP contribution in [-0.4, -0.2) is 98.9 Å². The molecule has 0 radical (unpaired) electrons. The van der Waals surface area contributed by atoms with E-state index in [0.717, 1.165) is 32.1 Å². The zero-order chi connectivity index (χ0) is 27.1. The summed E-state index contributed by atoms with van der Waals surface area (Å²) in [6.45, 7) is 12.0. The first-order chi connectivity index (χ1) is 17.6. The number of amides is 3. The minimum Gasteiger partial charge on any atom is -0.394 e. The molecule has 7 atom stereocenters. The van der Waals surface area contributed by atoms with Crippen LogP contribution in [0.1, 0.15) is 52.4 Å². The molecular formula is C28H42BrN3O5. The van der Waals surface area contributed by atoms with Crippen molar-refractivity contribution in [2.24, 2.45) is 17.8 Å². The summed E-state index contributed by atoms with van der Waals surface area (Å²) in [5, 5.41) is 10.4.